The van der Waals surface area contributed by atoms with E-state index in [0.717, 1.165) is 17.4 Å². The minimum absolute atomic E-state index is 0.801. The molecule has 0 amide bonds. The van der Waals surface area contributed by atoms with E-state index in [2.05, 4.69) is 35.4 Å². The van der Waals surface area contributed by atoms with Crippen molar-refractivity contribution in [3.05, 3.63) is 23.8 Å². The third-order valence-corrected chi connectivity index (χ3v) is 2.28. The first kappa shape index (κ1) is 11.0. The van der Waals surface area contributed by atoms with Crippen LogP contribution in [0.15, 0.2) is 28.8 Å². The smallest absolute Gasteiger partial charge is 0.148 e. The van der Waals surface area contributed by atoms with E-state index in [9.17, 15) is 0 Å². The number of nitrogens with zero attached hydrogens (tertiary/aromatic N) is 2. The Morgan fingerprint density at radius 2 is 2.21 bits per heavy atom. The van der Waals surface area contributed by atoms with Gasteiger partial charge in [-0.3, -0.25) is 0 Å². The summed E-state index contributed by atoms with van der Waals surface area (Å²) >= 11 is 1.59. The molecule has 1 aromatic rings. The van der Waals surface area contributed by atoms with Crippen LogP contribution in [0.25, 0.3) is 0 Å². The number of hydrogen-bond donors (Lipinski definition) is 1. The van der Waals surface area contributed by atoms with Crippen LogP contribution in [0, 0.1) is 0 Å². The fraction of sp³-hybridized carbons (Fsp3) is 0.400. The first-order valence-electron chi connectivity index (χ1n) is 4.47. The summed E-state index contributed by atoms with van der Waals surface area (Å²) in [5.74, 6) is 0.820. The molecule has 0 aliphatic rings. The molecule has 0 aromatic carbocycles. The minimum atomic E-state index is 0.801. The summed E-state index contributed by atoms with van der Waals surface area (Å²) in [5, 5.41) is 12.2. The Morgan fingerprint density at radius 1 is 1.43 bits per heavy atom. The maximum Gasteiger partial charge on any atom is 0.148 e. The molecular formula is C10H15N3S. The predicted molar refractivity (Wildman–Crippen MR) is 61.7 cm³/mol. The maximum absolute atomic E-state index is 4.04. The average Bonchev–Trinajstić information content (AvgIpc) is 2.18. The zero-order valence-electron chi connectivity index (χ0n) is 8.74. The molecule has 1 heterocycles. The van der Waals surface area contributed by atoms with Crippen LogP contribution >= 0.6 is 11.8 Å². The van der Waals surface area contributed by atoms with Crippen LogP contribution in [0.3, 0.4) is 0 Å². The van der Waals surface area contributed by atoms with Crippen LogP contribution < -0.4 is 5.32 Å². The van der Waals surface area contributed by atoms with Gasteiger partial charge in [0.1, 0.15) is 10.8 Å². The van der Waals surface area contributed by atoms with Crippen LogP contribution in [0.4, 0.5) is 5.82 Å². The topological polar surface area (TPSA) is 37.8 Å². The highest BCUT2D eigenvalue weighted by Crippen LogP contribution is 2.10. The molecule has 0 aliphatic heterocycles. The molecule has 76 valence electrons. The highest BCUT2D eigenvalue weighted by molar-refractivity contribution is 7.98. The molecule has 0 unspecified atom stereocenters. The van der Waals surface area contributed by atoms with Crippen molar-refractivity contribution < 1.29 is 0 Å². The van der Waals surface area contributed by atoms with Gasteiger partial charge in [0, 0.05) is 6.54 Å². The summed E-state index contributed by atoms with van der Waals surface area (Å²) in [7, 11) is 0. The number of anilines is 1. The van der Waals surface area contributed by atoms with Crippen molar-refractivity contribution in [1.29, 1.82) is 0 Å². The zero-order valence-corrected chi connectivity index (χ0v) is 9.56. The van der Waals surface area contributed by atoms with Gasteiger partial charge in [-0.15, -0.1) is 22.0 Å². The molecule has 0 aliphatic carbocycles. The molecule has 1 N–H and O–H groups in total. The fourth-order valence-electron chi connectivity index (χ4n) is 0.883. The Hall–Kier alpha value is -1.03. The lowest BCUT2D eigenvalue weighted by Crippen LogP contribution is -2.01. The third kappa shape index (κ3) is 3.79. The first-order valence-corrected chi connectivity index (χ1v) is 5.70. The predicted octanol–water partition coefficient (Wildman–Crippen LogP) is 2.58. The number of nitrogens with one attached hydrogen (secondary N) is 1. The molecule has 0 saturated carbocycles. The molecule has 4 heteroatoms. The quantitative estimate of drug-likeness (QED) is 0.611. The SMILES string of the molecule is CSc1ccc(NCC=C(C)C)nn1. The monoisotopic (exact) mass is 209 g/mol. The van der Waals surface area contributed by atoms with E-state index in [0.29, 0.717) is 0 Å². The molecule has 0 fully saturated rings. The molecule has 14 heavy (non-hydrogen) atoms. The van der Waals surface area contributed by atoms with Gasteiger partial charge >= 0.3 is 0 Å². The largest absolute Gasteiger partial charge is 0.365 e. The minimum Gasteiger partial charge on any atom is -0.365 e. The second-order valence-corrected chi connectivity index (χ2v) is 3.95. The molecule has 1 rings (SSSR count). The Balaban J connectivity index is 2.48. The van der Waals surface area contributed by atoms with Gasteiger partial charge in [-0.1, -0.05) is 11.6 Å². The summed E-state index contributed by atoms with van der Waals surface area (Å²) in [4.78, 5) is 0. The Labute approximate surface area is 89.0 Å². The van der Waals surface area contributed by atoms with Crippen molar-refractivity contribution in [2.45, 2.75) is 18.9 Å². The van der Waals surface area contributed by atoms with Gasteiger partial charge in [0.15, 0.2) is 0 Å². The number of allylic oxidation sites excluding steroid dienone is 1. The Kier molecular flexibility index (Phi) is 4.46. The van der Waals surface area contributed by atoms with E-state index in [1.807, 2.05) is 18.4 Å². The zero-order chi connectivity index (χ0) is 10.4. The van der Waals surface area contributed by atoms with Crippen LogP contribution in [0.1, 0.15) is 13.8 Å². The van der Waals surface area contributed by atoms with Crippen molar-refractivity contribution in [2.24, 2.45) is 0 Å². The van der Waals surface area contributed by atoms with Gasteiger partial charge in [0.25, 0.3) is 0 Å². The maximum atomic E-state index is 4.04. The molecule has 0 bridgehead atoms. The fourth-order valence-corrected chi connectivity index (χ4v) is 1.21. The molecule has 0 saturated heterocycles. The highest BCUT2D eigenvalue weighted by atomic mass is 32.2. The summed E-state index contributed by atoms with van der Waals surface area (Å²) in [5.41, 5.74) is 1.30. The molecule has 3 nitrogen and oxygen atoms in total. The van der Waals surface area contributed by atoms with E-state index in [1.165, 1.54) is 5.57 Å². The summed E-state index contributed by atoms with van der Waals surface area (Å²) in [6.07, 6.45) is 4.10. The standard InChI is InChI=1S/C10H15N3S/c1-8(2)6-7-11-9-4-5-10(14-3)13-12-9/h4-6H,7H2,1-3H3,(H,11,12). The number of hydrogen-bond acceptors (Lipinski definition) is 4. The number of aromatic nitrogens is 2. The number of thioether (sulfide) groups is 1. The van der Waals surface area contributed by atoms with E-state index in [1.54, 1.807) is 11.8 Å². The highest BCUT2D eigenvalue weighted by Gasteiger charge is 1.94. The molecule has 1 aromatic heterocycles. The van der Waals surface area contributed by atoms with Crippen molar-refractivity contribution in [2.75, 3.05) is 18.1 Å². The lowest BCUT2D eigenvalue weighted by molar-refractivity contribution is 0.929. The normalized spacial score (nSPS) is 9.64. The van der Waals surface area contributed by atoms with Crippen molar-refractivity contribution in [3.63, 3.8) is 0 Å². The van der Waals surface area contributed by atoms with Crippen LogP contribution in [-0.4, -0.2) is 23.0 Å². The van der Waals surface area contributed by atoms with Gasteiger partial charge in [-0.25, -0.2) is 0 Å². The second kappa shape index (κ2) is 5.65. The van der Waals surface area contributed by atoms with Crippen LogP contribution in [0.5, 0.6) is 0 Å². The van der Waals surface area contributed by atoms with Gasteiger partial charge in [-0.05, 0) is 32.2 Å². The molecule has 0 radical (unpaired) electrons. The van der Waals surface area contributed by atoms with Crippen LogP contribution in [0.2, 0.25) is 0 Å². The van der Waals surface area contributed by atoms with E-state index in [-0.39, 0.29) is 0 Å². The van der Waals surface area contributed by atoms with Gasteiger partial charge in [-0.2, -0.15) is 0 Å². The summed E-state index contributed by atoms with van der Waals surface area (Å²) in [6.45, 7) is 4.95. The van der Waals surface area contributed by atoms with Gasteiger partial charge < -0.3 is 5.32 Å². The average molecular weight is 209 g/mol. The third-order valence-electron chi connectivity index (χ3n) is 1.64. The Morgan fingerprint density at radius 3 is 2.71 bits per heavy atom. The van der Waals surface area contributed by atoms with E-state index in [4.69, 9.17) is 0 Å². The summed E-state index contributed by atoms with van der Waals surface area (Å²) in [6, 6.07) is 3.90. The lowest BCUT2D eigenvalue weighted by atomic mass is 10.3. The van der Waals surface area contributed by atoms with Crippen molar-refractivity contribution in [1.82, 2.24) is 10.2 Å². The van der Waals surface area contributed by atoms with Gasteiger partial charge in [0.05, 0.1) is 0 Å². The van der Waals surface area contributed by atoms with Gasteiger partial charge in [0.2, 0.25) is 0 Å². The summed E-state index contributed by atoms with van der Waals surface area (Å²) < 4.78 is 0. The van der Waals surface area contributed by atoms with E-state index >= 15 is 0 Å². The van der Waals surface area contributed by atoms with Crippen molar-refractivity contribution in [3.8, 4) is 0 Å². The first-order chi connectivity index (χ1) is 6.72. The molecule has 0 spiro atoms. The van der Waals surface area contributed by atoms with E-state index < -0.39 is 0 Å². The lowest BCUT2D eigenvalue weighted by Gasteiger charge is -2.01. The molecule has 0 atom stereocenters. The Bertz CT molecular complexity index is 302. The second-order valence-electron chi connectivity index (χ2n) is 3.12. The molecular weight excluding hydrogens is 194 g/mol. The number of rotatable bonds is 4. The van der Waals surface area contributed by atoms with Crippen LogP contribution in [-0.2, 0) is 0 Å². The van der Waals surface area contributed by atoms with Crippen molar-refractivity contribution >= 4 is 17.6 Å².